The predicted octanol–water partition coefficient (Wildman–Crippen LogP) is 4.80. The number of hydrogen-bond acceptors (Lipinski definition) is 3. The van der Waals surface area contributed by atoms with E-state index < -0.39 is 10.0 Å². The van der Waals surface area contributed by atoms with Gasteiger partial charge in [-0.3, -0.25) is 4.72 Å². The van der Waals surface area contributed by atoms with E-state index in [1.54, 1.807) is 19.1 Å². The van der Waals surface area contributed by atoms with Crippen LogP contribution in [-0.4, -0.2) is 13.4 Å². The molecule has 0 bridgehead atoms. The van der Waals surface area contributed by atoms with E-state index in [1.165, 1.54) is 6.07 Å². The molecule has 21 heavy (non-hydrogen) atoms. The van der Waals surface area contributed by atoms with Crippen molar-refractivity contribution in [3.63, 3.8) is 0 Å². The molecular weight excluding hydrogens is 378 g/mol. The highest BCUT2D eigenvalue weighted by atomic mass is 35.5. The molecule has 1 aromatic heterocycles. The maximum absolute atomic E-state index is 12.3. The van der Waals surface area contributed by atoms with Gasteiger partial charge in [-0.2, -0.15) is 0 Å². The average molecular weight is 386 g/mol. The van der Waals surface area contributed by atoms with Crippen molar-refractivity contribution in [1.82, 2.24) is 4.98 Å². The molecule has 1 N–H and O–H groups in total. The summed E-state index contributed by atoms with van der Waals surface area (Å²) in [5.41, 5.74) is 0.787. The number of nitrogens with one attached hydrogen (secondary N) is 1. The fourth-order valence-electron chi connectivity index (χ4n) is 1.49. The first-order valence-electron chi connectivity index (χ1n) is 5.51. The van der Waals surface area contributed by atoms with E-state index in [0.29, 0.717) is 5.56 Å². The van der Waals surface area contributed by atoms with Crippen molar-refractivity contribution in [2.45, 2.75) is 11.8 Å². The van der Waals surface area contributed by atoms with Gasteiger partial charge in [-0.05, 0) is 24.6 Å². The largest absolute Gasteiger partial charge is 0.277 e. The minimum Gasteiger partial charge on any atom is -0.277 e. The van der Waals surface area contributed by atoms with Crippen LogP contribution in [0.2, 0.25) is 20.2 Å². The van der Waals surface area contributed by atoms with Crippen LogP contribution >= 0.6 is 46.4 Å². The summed E-state index contributed by atoms with van der Waals surface area (Å²) in [6, 6.07) is 4.42. The van der Waals surface area contributed by atoms with Crippen molar-refractivity contribution in [2.24, 2.45) is 0 Å². The van der Waals surface area contributed by atoms with Crippen LogP contribution in [0.1, 0.15) is 5.56 Å². The Kier molecular flexibility index (Phi) is 4.90. The van der Waals surface area contributed by atoms with Gasteiger partial charge in [0, 0.05) is 6.20 Å². The van der Waals surface area contributed by atoms with Gasteiger partial charge < -0.3 is 0 Å². The van der Waals surface area contributed by atoms with Gasteiger partial charge in [0.2, 0.25) is 0 Å². The summed E-state index contributed by atoms with van der Waals surface area (Å²) in [7, 11) is -3.94. The van der Waals surface area contributed by atoms with Crippen molar-refractivity contribution < 1.29 is 8.42 Å². The average Bonchev–Trinajstić information content (AvgIpc) is 2.42. The SMILES string of the molecule is Cc1ccc(Cl)c(NS(=O)(=O)c2cnc(Cl)c(Cl)c2)c1Cl. The summed E-state index contributed by atoms with van der Waals surface area (Å²) < 4.78 is 26.9. The van der Waals surface area contributed by atoms with Gasteiger partial charge in [-0.1, -0.05) is 52.5 Å². The maximum atomic E-state index is 12.3. The first kappa shape index (κ1) is 16.6. The van der Waals surface area contributed by atoms with E-state index in [1.807, 2.05) is 0 Å². The highest BCUT2D eigenvalue weighted by molar-refractivity contribution is 7.92. The molecule has 4 nitrogen and oxygen atoms in total. The number of pyridine rings is 1. The van der Waals surface area contributed by atoms with Crippen LogP contribution in [0.25, 0.3) is 0 Å². The van der Waals surface area contributed by atoms with Crippen molar-refractivity contribution >= 4 is 62.1 Å². The second-order valence-electron chi connectivity index (χ2n) is 4.10. The van der Waals surface area contributed by atoms with Crippen LogP contribution in [0, 0.1) is 6.92 Å². The van der Waals surface area contributed by atoms with E-state index in [-0.39, 0.29) is 30.8 Å². The number of sulfonamides is 1. The molecule has 9 heteroatoms. The molecule has 2 rings (SSSR count). The second-order valence-corrected chi connectivity index (χ2v) is 7.34. The Balaban J connectivity index is 2.47. The van der Waals surface area contributed by atoms with E-state index in [2.05, 4.69) is 9.71 Å². The summed E-state index contributed by atoms with van der Waals surface area (Å²) in [4.78, 5) is 3.55. The first-order valence-corrected chi connectivity index (χ1v) is 8.50. The maximum Gasteiger partial charge on any atom is 0.263 e. The number of hydrogen-bond donors (Lipinski definition) is 1. The fourth-order valence-corrected chi connectivity index (χ4v) is 3.47. The number of benzene rings is 1. The molecule has 0 fully saturated rings. The highest BCUT2D eigenvalue weighted by Gasteiger charge is 2.20. The topological polar surface area (TPSA) is 59.1 Å². The Bertz CT molecular complexity index is 809. The molecule has 2 aromatic rings. The third kappa shape index (κ3) is 3.55. The van der Waals surface area contributed by atoms with Crippen LogP contribution in [0.15, 0.2) is 29.3 Å². The smallest absolute Gasteiger partial charge is 0.263 e. The molecule has 0 radical (unpaired) electrons. The third-order valence-corrected chi connectivity index (χ3v) is 5.41. The summed E-state index contributed by atoms with van der Waals surface area (Å²) in [5, 5.41) is 0.449. The zero-order chi connectivity index (χ0) is 15.8. The normalized spacial score (nSPS) is 11.5. The standard InChI is InChI=1S/C12H8Cl4N2O2S/c1-6-2-3-8(13)11(10(6)15)18-21(19,20)7-4-9(14)12(16)17-5-7/h2-5,18H,1H3. The summed E-state index contributed by atoms with van der Waals surface area (Å²) in [6.07, 6.45) is 1.09. The third-order valence-electron chi connectivity index (χ3n) is 2.60. The molecule has 0 aliphatic carbocycles. The fraction of sp³-hybridized carbons (Fsp3) is 0.0833. The lowest BCUT2D eigenvalue weighted by Crippen LogP contribution is -2.14. The number of nitrogens with zero attached hydrogens (tertiary/aromatic N) is 1. The molecule has 0 unspecified atom stereocenters. The zero-order valence-corrected chi connectivity index (χ0v) is 14.3. The minimum absolute atomic E-state index is 0.0160. The van der Waals surface area contributed by atoms with Crippen LogP contribution in [0.5, 0.6) is 0 Å². The number of anilines is 1. The van der Waals surface area contributed by atoms with Crippen LogP contribution in [-0.2, 0) is 10.0 Å². The molecule has 0 atom stereocenters. The lowest BCUT2D eigenvalue weighted by Gasteiger charge is -2.12. The summed E-state index contributed by atoms with van der Waals surface area (Å²) in [6.45, 7) is 1.73. The van der Waals surface area contributed by atoms with Gasteiger partial charge in [-0.15, -0.1) is 0 Å². The quantitative estimate of drug-likeness (QED) is 0.771. The van der Waals surface area contributed by atoms with Gasteiger partial charge in [0.15, 0.2) is 0 Å². The predicted molar refractivity (Wildman–Crippen MR) is 86.3 cm³/mol. The molecule has 0 aliphatic rings. The number of aromatic nitrogens is 1. The summed E-state index contributed by atoms with van der Waals surface area (Å²) >= 11 is 23.5. The molecular formula is C12H8Cl4N2O2S. The Labute approximate surface area is 142 Å². The van der Waals surface area contributed by atoms with E-state index in [4.69, 9.17) is 46.4 Å². The summed E-state index contributed by atoms with van der Waals surface area (Å²) in [5.74, 6) is 0. The Morgan fingerprint density at radius 2 is 1.76 bits per heavy atom. The van der Waals surface area contributed by atoms with Crippen molar-refractivity contribution in [3.05, 3.63) is 50.2 Å². The van der Waals surface area contributed by atoms with Crippen LogP contribution < -0.4 is 4.72 Å². The Morgan fingerprint density at radius 1 is 1.10 bits per heavy atom. The molecule has 0 saturated heterocycles. The monoisotopic (exact) mass is 384 g/mol. The van der Waals surface area contributed by atoms with Gasteiger partial charge in [0.1, 0.15) is 10.0 Å². The highest BCUT2D eigenvalue weighted by Crippen LogP contribution is 2.34. The molecule has 0 aliphatic heterocycles. The number of halogens is 4. The van der Waals surface area contributed by atoms with Crippen LogP contribution in [0.3, 0.4) is 0 Å². The molecule has 112 valence electrons. The second kappa shape index (κ2) is 6.18. The van der Waals surface area contributed by atoms with Crippen molar-refractivity contribution in [3.8, 4) is 0 Å². The minimum atomic E-state index is -3.94. The van der Waals surface area contributed by atoms with Gasteiger partial charge in [-0.25, -0.2) is 13.4 Å². The molecule has 0 amide bonds. The van der Waals surface area contributed by atoms with Gasteiger partial charge in [0.25, 0.3) is 10.0 Å². The van der Waals surface area contributed by atoms with Crippen molar-refractivity contribution in [1.29, 1.82) is 0 Å². The van der Waals surface area contributed by atoms with E-state index in [9.17, 15) is 8.42 Å². The molecule has 0 spiro atoms. The van der Waals surface area contributed by atoms with Gasteiger partial charge in [0.05, 0.1) is 20.8 Å². The lowest BCUT2D eigenvalue weighted by atomic mass is 10.2. The number of rotatable bonds is 3. The first-order chi connectivity index (χ1) is 9.72. The lowest BCUT2D eigenvalue weighted by molar-refractivity contribution is 0.601. The van der Waals surface area contributed by atoms with Crippen molar-refractivity contribution in [2.75, 3.05) is 4.72 Å². The molecule has 0 saturated carbocycles. The molecule has 1 aromatic carbocycles. The zero-order valence-electron chi connectivity index (χ0n) is 10.5. The van der Waals surface area contributed by atoms with Crippen LogP contribution in [0.4, 0.5) is 5.69 Å². The van der Waals surface area contributed by atoms with Gasteiger partial charge >= 0.3 is 0 Å². The van der Waals surface area contributed by atoms with E-state index >= 15 is 0 Å². The van der Waals surface area contributed by atoms with E-state index in [0.717, 1.165) is 6.20 Å². The molecule has 1 heterocycles. The Morgan fingerprint density at radius 3 is 2.38 bits per heavy atom. The number of aryl methyl sites for hydroxylation is 1. The Hall–Kier alpha value is -0.720.